The van der Waals surface area contributed by atoms with Crippen LogP contribution in [0.5, 0.6) is 0 Å². The lowest BCUT2D eigenvalue weighted by atomic mass is 10.3. The van der Waals surface area contributed by atoms with Crippen LogP contribution in [0.25, 0.3) is 0 Å². The molecule has 0 aromatic heterocycles. The Morgan fingerprint density at radius 3 is 2.40 bits per heavy atom. The number of carbonyl (C=O) groups is 1. The highest BCUT2D eigenvalue weighted by Gasteiger charge is 2.35. The third-order valence-corrected chi connectivity index (χ3v) is 6.41. The van der Waals surface area contributed by atoms with Crippen molar-refractivity contribution in [1.82, 2.24) is 0 Å². The predicted molar refractivity (Wildman–Crippen MR) is 61.1 cm³/mol. The molecule has 0 amide bonds. The molecular weight excluding hydrogens is 235 g/mol. The van der Waals surface area contributed by atoms with Gasteiger partial charge in [0.15, 0.2) is 0 Å². The normalized spacial score (nSPS) is 22.3. The van der Waals surface area contributed by atoms with Crippen LogP contribution >= 0.6 is 18.2 Å². The summed E-state index contributed by atoms with van der Waals surface area (Å²) in [6, 6.07) is 0. The quantitative estimate of drug-likeness (QED) is 0.680. The van der Waals surface area contributed by atoms with E-state index in [1.165, 1.54) is 0 Å². The SMILES string of the molecule is CCOP(=O)(OCC)SC1CCCC1=O. The maximum absolute atomic E-state index is 12.1. The topological polar surface area (TPSA) is 52.6 Å². The third-order valence-electron chi connectivity index (χ3n) is 2.08. The van der Waals surface area contributed by atoms with Crippen LogP contribution in [0.4, 0.5) is 0 Å². The van der Waals surface area contributed by atoms with E-state index in [1.54, 1.807) is 13.8 Å². The molecule has 1 saturated carbocycles. The molecule has 0 N–H and O–H groups in total. The van der Waals surface area contributed by atoms with Crippen molar-refractivity contribution in [3.63, 3.8) is 0 Å². The Hall–Kier alpha value is 0.170. The largest absolute Gasteiger partial charge is 0.389 e. The summed E-state index contributed by atoms with van der Waals surface area (Å²) in [6.45, 7) is 1.10. The number of Topliss-reactive ketones (excluding diaryl/α,β-unsaturated/α-hetero) is 1. The molecule has 0 heterocycles. The predicted octanol–water partition coefficient (Wildman–Crippen LogP) is 3.02. The summed E-state index contributed by atoms with van der Waals surface area (Å²) < 4.78 is 22.3. The van der Waals surface area contributed by atoms with Crippen molar-refractivity contribution in [2.24, 2.45) is 0 Å². The minimum absolute atomic E-state index is 0.166. The van der Waals surface area contributed by atoms with Gasteiger partial charge in [-0.15, -0.1) is 0 Å². The van der Waals surface area contributed by atoms with E-state index in [1.807, 2.05) is 0 Å². The van der Waals surface area contributed by atoms with Gasteiger partial charge in [-0.05, 0) is 38.1 Å². The Balaban J connectivity index is 2.57. The summed E-state index contributed by atoms with van der Waals surface area (Å²) in [5, 5.41) is -0.200. The molecule has 0 aliphatic heterocycles. The van der Waals surface area contributed by atoms with Gasteiger partial charge in [-0.3, -0.25) is 4.79 Å². The molecule has 0 spiro atoms. The van der Waals surface area contributed by atoms with E-state index in [2.05, 4.69) is 0 Å². The Morgan fingerprint density at radius 2 is 2.00 bits per heavy atom. The molecule has 0 bridgehead atoms. The van der Waals surface area contributed by atoms with Crippen molar-refractivity contribution in [3.05, 3.63) is 0 Å². The third kappa shape index (κ3) is 3.91. The van der Waals surface area contributed by atoms with Crippen LogP contribution in [0.1, 0.15) is 33.1 Å². The van der Waals surface area contributed by atoms with Gasteiger partial charge in [0, 0.05) is 6.42 Å². The number of hydrogen-bond acceptors (Lipinski definition) is 5. The van der Waals surface area contributed by atoms with E-state index < -0.39 is 6.80 Å². The van der Waals surface area contributed by atoms with Crippen molar-refractivity contribution in [2.45, 2.75) is 38.4 Å². The molecule has 88 valence electrons. The van der Waals surface area contributed by atoms with Crippen molar-refractivity contribution in [3.8, 4) is 0 Å². The molecule has 1 fully saturated rings. The number of hydrogen-bond donors (Lipinski definition) is 0. The minimum Gasteiger partial charge on any atom is -0.301 e. The van der Waals surface area contributed by atoms with Gasteiger partial charge >= 0.3 is 6.80 Å². The van der Waals surface area contributed by atoms with E-state index in [0.717, 1.165) is 24.2 Å². The second kappa shape index (κ2) is 6.04. The highest BCUT2D eigenvalue weighted by Crippen LogP contribution is 2.63. The minimum atomic E-state index is -3.11. The fourth-order valence-corrected chi connectivity index (χ4v) is 5.71. The lowest BCUT2D eigenvalue weighted by Crippen LogP contribution is -2.09. The van der Waals surface area contributed by atoms with Gasteiger partial charge in [0.25, 0.3) is 0 Å². The van der Waals surface area contributed by atoms with E-state index >= 15 is 0 Å². The van der Waals surface area contributed by atoms with Gasteiger partial charge in [-0.25, -0.2) is 4.57 Å². The molecule has 0 aromatic rings. The lowest BCUT2D eigenvalue weighted by Gasteiger charge is -2.18. The highest BCUT2D eigenvalue weighted by molar-refractivity contribution is 8.55. The van der Waals surface area contributed by atoms with Crippen molar-refractivity contribution in [2.75, 3.05) is 13.2 Å². The summed E-state index contributed by atoms with van der Waals surface area (Å²) in [7, 11) is 0. The van der Waals surface area contributed by atoms with Gasteiger partial charge in [-0.2, -0.15) is 0 Å². The van der Waals surface area contributed by atoms with Crippen molar-refractivity contribution in [1.29, 1.82) is 0 Å². The average Bonchev–Trinajstić information content (AvgIpc) is 2.52. The summed E-state index contributed by atoms with van der Waals surface area (Å²) in [4.78, 5) is 11.4. The van der Waals surface area contributed by atoms with Crippen LogP contribution < -0.4 is 0 Å². The van der Waals surface area contributed by atoms with Crippen LogP contribution in [0, 0.1) is 0 Å². The average molecular weight is 252 g/mol. The molecule has 1 unspecified atom stereocenters. The van der Waals surface area contributed by atoms with E-state index in [9.17, 15) is 9.36 Å². The molecular formula is C9H17O4PS. The molecule has 0 radical (unpaired) electrons. The number of carbonyl (C=O) groups excluding carboxylic acids is 1. The zero-order valence-electron chi connectivity index (χ0n) is 9.10. The Bertz CT molecular complexity index is 259. The summed E-state index contributed by atoms with van der Waals surface area (Å²) in [5.41, 5.74) is 0. The lowest BCUT2D eigenvalue weighted by molar-refractivity contribution is -0.116. The molecule has 4 nitrogen and oxygen atoms in total. The maximum Gasteiger partial charge on any atom is 0.389 e. The first kappa shape index (κ1) is 13.2. The summed E-state index contributed by atoms with van der Waals surface area (Å²) in [6.07, 6.45) is 2.26. The van der Waals surface area contributed by atoms with Crippen LogP contribution in [0.3, 0.4) is 0 Å². The molecule has 0 aromatic carbocycles. The highest BCUT2D eigenvalue weighted by atomic mass is 32.7. The zero-order chi connectivity index (χ0) is 11.3. The monoisotopic (exact) mass is 252 g/mol. The molecule has 1 atom stereocenters. The fourth-order valence-electron chi connectivity index (χ4n) is 1.47. The van der Waals surface area contributed by atoms with Gasteiger partial charge in [0.05, 0.1) is 18.5 Å². The molecule has 1 aliphatic carbocycles. The zero-order valence-corrected chi connectivity index (χ0v) is 10.8. The summed E-state index contributed by atoms with van der Waals surface area (Å²) in [5.74, 6) is 0.166. The molecule has 6 heteroatoms. The van der Waals surface area contributed by atoms with Gasteiger partial charge in [0.1, 0.15) is 5.78 Å². The first-order chi connectivity index (χ1) is 7.11. The van der Waals surface area contributed by atoms with E-state index in [0.29, 0.717) is 19.6 Å². The maximum atomic E-state index is 12.1. The van der Waals surface area contributed by atoms with Crippen molar-refractivity contribution >= 4 is 24.0 Å². The van der Waals surface area contributed by atoms with E-state index in [4.69, 9.17) is 9.05 Å². The second-order valence-electron chi connectivity index (χ2n) is 3.24. The van der Waals surface area contributed by atoms with Gasteiger partial charge < -0.3 is 9.05 Å². The molecule has 1 aliphatic rings. The van der Waals surface area contributed by atoms with Crippen LogP contribution in [0.15, 0.2) is 0 Å². The van der Waals surface area contributed by atoms with Gasteiger partial charge in [-0.1, -0.05) is 0 Å². The molecule has 0 saturated heterocycles. The first-order valence-corrected chi connectivity index (χ1v) is 8.24. The second-order valence-corrected chi connectivity index (χ2v) is 7.40. The van der Waals surface area contributed by atoms with Crippen LogP contribution in [-0.2, 0) is 18.4 Å². The number of rotatable bonds is 6. The van der Waals surface area contributed by atoms with E-state index in [-0.39, 0.29) is 11.0 Å². The molecule has 15 heavy (non-hydrogen) atoms. The van der Waals surface area contributed by atoms with Gasteiger partial charge in [0.2, 0.25) is 0 Å². The Kier molecular flexibility index (Phi) is 5.33. The summed E-state index contributed by atoms with van der Waals surface area (Å²) >= 11 is 1.07. The Morgan fingerprint density at radius 1 is 1.40 bits per heavy atom. The van der Waals surface area contributed by atoms with Crippen LogP contribution in [0.2, 0.25) is 0 Å². The fraction of sp³-hybridized carbons (Fsp3) is 0.889. The first-order valence-electron chi connectivity index (χ1n) is 5.21. The van der Waals surface area contributed by atoms with Crippen molar-refractivity contribution < 1.29 is 18.4 Å². The number of ketones is 1. The Labute approximate surface area is 94.4 Å². The smallest absolute Gasteiger partial charge is 0.301 e. The standard InChI is InChI=1S/C9H17O4PS/c1-3-12-14(11,13-4-2)15-9-7-5-6-8(9)10/h9H,3-7H2,1-2H3. The van der Waals surface area contributed by atoms with Crippen LogP contribution in [-0.4, -0.2) is 24.2 Å². The molecule has 1 rings (SSSR count).